The lowest BCUT2D eigenvalue weighted by atomic mass is 10.2. The van der Waals surface area contributed by atoms with E-state index in [1.807, 2.05) is 48.5 Å². The summed E-state index contributed by atoms with van der Waals surface area (Å²) in [5.74, 6) is 2.20. The monoisotopic (exact) mass is 402 g/mol. The number of ether oxygens (including phenoxy) is 1. The van der Waals surface area contributed by atoms with E-state index < -0.39 is 0 Å². The van der Waals surface area contributed by atoms with Crippen LogP contribution in [0.4, 0.5) is 0 Å². The number of amides is 1. The quantitative estimate of drug-likeness (QED) is 0.527. The van der Waals surface area contributed by atoms with Gasteiger partial charge in [-0.05, 0) is 61.7 Å². The molecule has 5 rings (SSSR count). The molecule has 4 aromatic rings. The number of carbonyl (C=O) groups excluding carboxylic acids is 1. The minimum atomic E-state index is 0.151. The summed E-state index contributed by atoms with van der Waals surface area (Å²) in [5, 5.41) is 7.96. The molecule has 30 heavy (non-hydrogen) atoms. The van der Waals surface area contributed by atoms with Gasteiger partial charge in [-0.1, -0.05) is 17.3 Å². The van der Waals surface area contributed by atoms with Crippen molar-refractivity contribution in [2.75, 3.05) is 7.11 Å². The normalized spacial score (nSPS) is 13.5. The molecule has 1 aliphatic rings. The summed E-state index contributed by atoms with van der Waals surface area (Å²) >= 11 is 0. The molecule has 0 bridgehead atoms. The largest absolute Gasteiger partial charge is 0.497 e. The molecule has 2 aromatic carbocycles. The highest BCUT2D eigenvalue weighted by Gasteiger charge is 2.29. The molecule has 7 nitrogen and oxygen atoms in total. The van der Waals surface area contributed by atoms with Crippen LogP contribution in [-0.4, -0.2) is 27.7 Å². The molecule has 1 aliphatic carbocycles. The number of fused-ring (bicyclic) bond motifs is 1. The third-order valence-electron chi connectivity index (χ3n) is 5.36. The van der Waals surface area contributed by atoms with Gasteiger partial charge in [0.1, 0.15) is 11.4 Å². The van der Waals surface area contributed by atoms with Crippen LogP contribution in [0.5, 0.6) is 5.75 Å². The second kappa shape index (κ2) is 7.33. The first-order chi connectivity index (χ1) is 14.6. The standard InChI is InChI=1S/C23H22N4O3/c1-14-25-23(30-26-14)21-12-17-11-19(29-2)9-10-20(17)27(21)18-7-3-15(4-8-18)13-24-22(28)16-5-6-16/h3-4,7-12,16H,5-6,13H2,1-2H3,(H,24,28). The lowest BCUT2D eigenvalue weighted by Crippen LogP contribution is -2.24. The van der Waals surface area contributed by atoms with E-state index in [-0.39, 0.29) is 11.8 Å². The highest BCUT2D eigenvalue weighted by atomic mass is 16.5. The second-order valence-corrected chi connectivity index (χ2v) is 7.60. The molecule has 2 aromatic heterocycles. The Morgan fingerprint density at radius 1 is 1.20 bits per heavy atom. The fourth-order valence-electron chi connectivity index (χ4n) is 3.60. The maximum atomic E-state index is 11.9. The third kappa shape index (κ3) is 3.43. The molecule has 0 spiro atoms. The van der Waals surface area contributed by atoms with E-state index in [2.05, 4.69) is 20.0 Å². The van der Waals surface area contributed by atoms with E-state index >= 15 is 0 Å². The van der Waals surface area contributed by atoms with Gasteiger partial charge in [0, 0.05) is 23.5 Å². The van der Waals surface area contributed by atoms with Crippen molar-refractivity contribution in [3.63, 3.8) is 0 Å². The second-order valence-electron chi connectivity index (χ2n) is 7.60. The first-order valence-corrected chi connectivity index (χ1v) is 9.99. The predicted octanol–water partition coefficient (Wildman–Crippen LogP) is 4.02. The van der Waals surface area contributed by atoms with Crippen LogP contribution < -0.4 is 10.1 Å². The minimum absolute atomic E-state index is 0.151. The first-order valence-electron chi connectivity index (χ1n) is 9.99. The van der Waals surface area contributed by atoms with E-state index in [0.29, 0.717) is 18.3 Å². The Morgan fingerprint density at radius 2 is 2.00 bits per heavy atom. The average Bonchev–Trinajstić information content (AvgIpc) is 3.43. The lowest BCUT2D eigenvalue weighted by molar-refractivity contribution is -0.122. The van der Waals surface area contributed by atoms with Gasteiger partial charge in [0.05, 0.1) is 12.6 Å². The van der Waals surface area contributed by atoms with E-state index in [1.165, 1.54) is 0 Å². The number of nitrogens with one attached hydrogen (secondary N) is 1. The van der Waals surface area contributed by atoms with Gasteiger partial charge in [-0.25, -0.2) is 0 Å². The number of rotatable bonds is 6. The number of nitrogens with zero attached hydrogens (tertiary/aromatic N) is 3. The Hall–Kier alpha value is -3.61. The van der Waals surface area contributed by atoms with Gasteiger partial charge < -0.3 is 19.1 Å². The molecule has 1 saturated carbocycles. The lowest BCUT2D eigenvalue weighted by Gasteiger charge is -2.11. The number of benzene rings is 2. The zero-order valence-corrected chi connectivity index (χ0v) is 16.9. The summed E-state index contributed by atoms with van der Waals surface area (Å²) in [7, 11) is 1.65. The molecular weight excluding hydrogens is 380 g/mol. The summed E-state index contributed by atoms with van der Waals surface area (Å²) < 4.78 is 12.9. The summed E-state index contributed by atoms with van der Waals surface area (Å²) in [6.45, 7) is 2.34. The molecule has 2 heterocycles. The van der Waals surface area contributed by atoms with Crippen molar-refractivity contribution in [1.29, 1.82) is 0 Å². The van der Waals surface area contributed by atoms with Gasteiger partial charge in [-0.15, -0.1) is 0 Å². The van der Waals surface area contributed by atoms with Crippen molar-refractivity contribution in [2.24, 2.45) is 5.92 Å². The van der Waals surface area contributed by atoms with E-state index in [4.69, 9.17) is 9.26 Å². The molecule has 0 radical (unpaired) electrons. The predicted molar refractivity (Wildman–Crippen MR) is 112 cm³/mol. The highest BCUT2D eigenvalue weighted by molar-refractivity contribution is 5.89. The Kier molecular flexibility index (Phi) is 4.50. The van der Waals surface area contributed by atoms with Gasteiger partial charge in [-0.3, -0.25) is 4.79 Å². The topological polar surface area (TPSA) is 82.2 Å². The average molecular weight is 402 g/mol. The minimum Gasteiger partial charge on any atom is -0.497 e. The molecule has 7 heteroatoms. The zero-order chi connectivity index (χ0) is 20.7. The zero-order valence-electron chi connectivity index (χ0n) is 16.9. The fraction of sp³-hybridized carbons (Fsp3) is 0.261. The van der Waals surface area contributed by atoms with Crippen LogP contribution in [-0.2, 0) is 11.3 Å². The van der Waals surface area contributed by atoms with Crippen molar-refractivity contribution >= 4 is 16.8 Å². The van der Waals surface area contributed by atoms with Crippen LogP contribution in [0.15, 0.2) is 53.1 Å². The van der Waals surface area contributed by atoms with E-state index in [0.717, 1.165) is 46.4 Å². The van der Waals surface area contributed by atoms with Gasteiger partial charge in [0.25, 0.3) is 5.89 Å². The Labute approximate surface area is 173 Å². The third-order valence-corrected chi connectivity index (χ3v) is 5.36. The van der Waals surface area contributed by atoms with Crippen molar-refractivity contribution in [3.8, 4) is 23.0 Å². The Bertz CT molecular complexity index is 1220. The number of aromatic nitrogens is 3. The molecule has 0 unspecified atom stereocenters. The summed E-state index contributed by atoms with van der Waals surface area (Å²) in [6, 6.07) is 16.1. The molecule has 1 amide bonds. The van der Waals surface area contributed by atoms with Crippen molar-refractivity contribution in [2.45, 2.75) is 26.3 Å². The van der Waals surface area contributed by atoms with Gasteiger partial charge >= 0.3 is 0 Å². The van der Waals surface area contributed by atoms with Gasteiger partial charge in [0.15, 0.2) is 5.82 Å². The molecule has 0 atom stereocenters. The first kappa shape index (κ1) is 18.4. The molecule has 0 aliphatic heterocycles. The number of hydrogen-bond acceptors (Lipinski definition) is 5. The maximum Gasteiger partial charge on any atom is 0.274 e. The summed E-state index contributed by atoms with van der Waals surface area (Å²) in [6.07, 6.45) is 2.02. The fourth-order valence-corrected chi connectivity index (χ4v) is 3.60. The van der Waals surface area contributed by atoms with Crippen LogP contribution in [0.1, 0.15) is 24.2 Å². The van der Waals surface area contributed by atoms with Crippen LogP contribution in [0.3, 0.4) is 0 Å². The SMILES string of the molecule is COc1ccc2c(c1)cc(-c1nc(C)no1)n2-c1ccc(CNC(=O)C2CC2)cc1. The number of hydrogen-bond donors (Lipinski definition) is 1. The van der Waals surface area contributed by atoms with Crippen molar-refractivity contribution < 1.29 is 14.1 Å². The van der Waals surface area contributed by atoms with Crippen molar-refractivity contribution in [3.05, 3.63) is 59.9 Å². The molecular formula is C23H22N4O3. The van der Waals surface area contributed by atoms with E-state index in [1.54, 1.807) is 14.0 Å². The van der Waals surface area contributed by atoms with Gasteiger partial charge in [0.2, 0.25) is 5.91 Å². The Morgan fingerprint density at radius 3 is 2.67 bits per heavy atom. The number of carbonyl (C=O) groups is 1. The molecule has 1 N–H and O–H groups in total. The summed E-state index contributed by atoms with van der Waals surface area (Å²) in [4.78, 5) is 16.3. The van der Waals surface area contributed by atoms with Crippen LogP contribution in [0.2, 0.25) is 0 Å². The van der Waals surface area contributed by atoms with E-state index in [9.17, 15) is 4.79 Å². The number of methoxy groups -OCH3 is 1. The van der Waals surface area contributed by atoms with Crippen molar-refractivity contribution in [1.82, 2.24) is 20.0 Å². The summed E-state index contributed by atoms with van der Waals surface area (Å²) in [5.41, 5.74) is 3.85. The molecule has 152 valence electrons. The highest BCUT2D eigenvalue weighted by Crippen LogP contribution is 2.33. The smallest absolute Gasteiger partial charge is 0.274 e. The number of aryl methyl sites for hydroxylation is 1. The molecule has 1 fully saturated rings. The maximum absolute atomic E-state index is 11.9. The van der Waals surface area contributed by atoms with Crippen LogP contribution in [0.25, 0.3) is 28.2 Å². The Balaban J connectivity index is 1.52. The van der Waals surface area contributed by atoms with Crippen LogP contribution in [0, 0.1) is 12.8 Å². The van der Waals surface area contributed by atoms with Gasteiger partial charge in [-0.2, -0.15) is 4.98 Å². The molecule has 0 saturated heterocycles. The van der Waals surface area contributed by atoms with Crippen LogP contribution >= 0.6 is 0 Å².